The fourth-order valence-corrected chi connectivity index (χ4v) is 8.35. The molecule has 0 saturated heterocycles. The molecule has 0 spiro atoms. The van der Waals surface area contributed by atoms with Gasteiger partial charge < -0.3 is 14.2 Å². The van der Waals surface area contributed by atoms with E-state index in [1.54, 1.807) is 0 Å². The Morgan fingerprint density at radius 3 is 0.881 bits per heavy atom. The molecule has 6 heteroatoms. The smallest absolute Gasteiger partial charge is 0.306 e. The molecule has 0 aromatic rings. The van der Waals surface area contributed by atoms with Gasteiger partial charge in [-0.25, -0.2) is 0 Å². The van der Waals surface area contributed by atoms with Crippen molar-refractivity contribution in [3.05, 3.63) is 48.6 Å². The number of allylic oxidation sites excluding steroid dienone is 8. The molecule has 0 saturated carbocycles. The molecular formula is C61H110O6. The molecule has 6 nitrogen and oxygen atoms in total. The first-order valence-corrected chi connectivity index (χ1v) is 29.1. The van der Waals surface area contributed by atoms with Crippen LogP contribution in [0.15, 0.2) is 48.6 Å². The zero-order valence-electron chi connectivity index (χ0n) is 44.7. The number of hydrogen-bond donors (Lipinski definition) is 0. The monoisotopic (exact) mass is 939 g/mol. The standard InChI is InChI=1S/C61H110O6/c1-4-7-10-13-16-19-22-25-27-29-30-32-33-36-39-42-45-48-51-54-60(63)66-57-58(56-65-59(62)53-50-47-44-41-38-35-24-21-18-15-12-9-6-3)67-61(64)55-52-49-46-43-40-37-34-31-28-26-23-20-17-14-11-8-5-2/h17,20-21,24-28,58H,4-16,18-19,22-23,29-57H2,1-3H3/b20-17-,24-21-,27-25-,28-26-. The minimum absolute atomic E-state index is 0.0785. The highest BCUT2D eigenvalue weighted by molar-refractivity contribution is 5.71. The van der Waals surface area contributed by atoms with Gasteiger partial charge in [-0.05, 0) is 103 Å². The fourth-order valence-electron chi connectivity index (χ4n) is 8.35. The van der Waals surface area contributed by atoms with Crippen LogP contribution in [0.1, 0.15) is 303 Å². The topological polar surface area (TPSA) is 78.9 Å². The Balaban J connectivity index is 4.36. The molecule has 390 valence electrons. The van der Waals surface area contributed by atoms with E-state index < -0.39 is 6.10 Å². The third kappa shape index (κ3) is 54.2. The Labute approximate surface area is 416 Å². The van der Waals surface area contributed by atoms with Crippen LogP contribution in [-0.4, -0.2) is 37.2 Å². The largest absolute Gasteiger partial charge is 0.462 e. The number of ether oxygens (including phenoxy) is 3. The molecular weight excluding hydrogens is 829 g/mol. The molecule has 0 aliphatic carbocycles. The second-order valence-corrected chi connectivity index (χ2v) is 19.5. The summed E-state index contributed by atoms with van der Waals surface area (Å²) in [5.74, 6) is -0.884. The van der Waals surface area contributed by atoms with Crippen molar-refractivity contribution in [1.82, 2.24) is 0 Å². The van der Waals surface area contributed by atoms with Gasteiger partial charge in [-0.15, -0.1) is 0 Å². The molecule has 1 atom stereocenters. The highest BCUT2D eigenvalue weighted by Gasteiger charge is 2.19. The molecule has 0 N–H and O–H groups in total. The van der Waals surface area contributed by atoms with Crippen molar-refractivity contribution in [1.29, 1.82) is 0 Å². The number of esters is 3. The Kier molecular flexibility index (Phi) is 53.8. The van der Waals surface area contributed by atoms with Crippen molar-refractivity contribution in [2.75, 3.05) is 13.2 Å². The molecule has 0 fully saturated rings. The zero-order valence-corrected chi connectivity index (χ0v) is 44.7. The van der Waals surface area contributed by atoms with E-state index in [4.69, 9.17) is 14.2 Å². The van der Waals surface area contributed by atoms with E-state index in [1.165, 1.54) is 186 Å². The molecule has 0 bridgehead atoms. The average Bonchev–Trinajstić information content (AvgIpc) is 3.33. The summed E-state index contributed by atoms with van der Waals surface area (Å²) in [5.41, 5.74) is 0. The molecule has 0 aliphatic heterocycles. The van der Waals surface area contributed by atoms with Crippen molar-refractivity contribution in [3.63, 3.8) is 0 Å². The van der Waals surface area contributed by atoms with Crippen molar-refractivity contribution in [3.8, 4) is 0 Å². The van der Waals surface area contributed by atoms with Crippen LogP contribution in [0.3, 0.4) is 0 Å². The van der Waals surface area contributed by atoms with Crippen molar-refractivity contribution in [2.24, 2.45) is 0 Å². The zero-order chi connectivity index (χ0) is 48.6. The van der Waals surface area contributed by atoms with Gasteiger partial charge in [0.15, 0.2) is 6.10 Å². The van der Waals surface area contributed by atoms with E-state index in [2.05, 4.69) is 69.4 Å². The number of hydrogen-bond acceptors (Lipinski definition) is 6. The first-order chi connectivity index (χ1) is 33.0. The third-order valence-corrected chi connectivity index (χ3v) is 12.8. The van der Waals surface area contributed by atoms with Gasteiger partial charge in [-0.2, -0.15) is 0 Å². The van der Waals surface area contributed by atoms with Gasteiger partial charge in [0.1, 0.15) is 13.2 Å². The summed E-state index contributed by atoms with van der Waals surface area (Å²) in [6.07, 6.45) is 68.1. The van der Waals surface area contributed by atoms with Gasteiger partial charge in [0.2, 0.25) is 0 Å². The highest BCUT2D eigenvalue weighted by Crippen LogP contribution is 2.15. The van der Waals surface area contributed by atoms with Crippen LogP contribution in [-0.2, 0) is 28.6 Å². The molecule has 0 heterocycles. The lowest BCUT2D eigenvalue weighted by Crippen LogP contribution is -2.30. The quantitative estimate of drug-likeness (QED) is 0.0262. The maximum absolute atomic E-state index is 12.9. The van der Waals surface area contributed by atoms with Gasteiger partial charge in [0, 0.05) is 19.3 Å². The lowest BCUT2D eigenvalue weighted by molar-refractivity contribution is -0.167. The van der Waals surface area contributed by atoms with Gasteiger partial charge in [0.25, 0.3) is 0 Å². The number of carbonyl (C=O) groups is 3. The van der Waals surface area contributed by atoms with E-state index in [1.807, 2.05) is 0 Å². The minimum Gasteiger partial charge on any atom is -0.462 e. The predicted octanol–water partition coefficient (Wildman–Crippen LogP) is 19.4. The molecule has 0 rings (SSSR count). The van der Waals surface area contributed by atoms with Crippen molar-refractivity contribution >= 4 is 17.9 Å². The highest BCUT2D eigenvalue weighted by atomic mass is 16.6. The maximum atomic E-state index is 12.9. The Bertz CT molecular complexity index is 1170. The summed E-state index contributed by atoms with van der Waals surface area (Å²) >= 11 is 0. The van der Waals surface area contributed by atoms with Crippen LogP contribution < -0.4 is 0 Å². The first-order valence-electron chi connectivity index (χ1n) is 29.1. The van der Waals surface area contributed by atoms with Crippen LogP contribution in [0.5, 0.6) is 0 Å². The summed E-state index contributed by atoms with van der Waals surface area (Å²) in [7, 11) is 0. The molecule has 67 heavy (non-hydrogen) atoms. The molecule has 0 radical (unpaired) electrons. The summed E-state index contributed by atoms with van der Waals surface area (Å²) in [4.78, 5) is 38.1. The van der Waals surface area contributed by atoms with Gasteiger partial charge in [-0.1, -0.05) is 230 Å². The SMILES string of the molecule is CCCCC/C=C\C/C=C\CCCCCCCCCC(=O)OC(COC(=O)CCCCCCC/C=C\CCCCCC)COC(=O)CCCCCCCCCCC/C=C\CCCCCCCC. The lowest BCUT2D eigenvalue weighted by Gasteiger charge is -2.18. The molecule has 0 amide bonds. The van der Waals surface area contributed by atoms with E-state index in [-0.39, 0.29) is 31.1 Å². The van der Waals surface area contributed by atoms with E-state index in [0.29, 0.717) is 19.3 Å². The molecule has 0 aromatic carbocycles. The molecule has 0 aromatic heterocycles. The van der Waals surface area contributed by atoms with E-state index >= 15 is 0 Å². The maximum Gasteiger partial charge on any atom is 0.306 e. The van der Waals surface area contributed by atoms with E-state index in [0.717, 1.165) is 77.0 Å². The van der Waals surface area contributed by atoms with Gasteiger partial charge in [-0.3, -0.25) is 14.4 Å². The van der Waals surface area contributed by atoms with Crippen LogP contribution in [0.4, 0.5) is 0 Å². The van der Waals surface area contributed by atoms with Crippen molar-refractivity contribution < 1.29 is 28.6 Å². The summed E-state index contributed by atoms with van der Waals surface area (Å²) in [6.45, 7) is 6.61. The van der Waals surface area contributed by atoms with Crippen LogP contribution in [0.25, 0.3) is 0 Å². The molecule has 0 aliphatic rings. The first kappa shape index (κ1) is 64.4. The second kappa shape index (κ2) is 56.0. The number of rotatable bonds is 53. The number of unbranched alkanes of at least 4 members (excludes halogenated alkanes) is 34. The summed E-state index contributed by atoms with van der Waals surface area (Å²) in [5, 5.41) is 0. The second-order valence-electron chi connectivity index (χ2n) is 19.5. The van der Waals surface area contributed by atoms with Crippen LogP contribution in [0.2, 0.25) is 0 Å². The van der Waals surface area contributed by atoms with Crippen molar-refractivity contribution in [2.45, 2.75) is 309 Å². The normalized spacial score (nSPS) is 12.3. The average molecular weight is 940 g/mol. The predicted molar refractivity (Wildman–Crippen MR) is 289 cm³/mol. The van der Waals surface area contributed by atoms with Crippen LogP contribution in [0, 0.1) is 0 Å². The lowest BCUT2D eigenvalue weighted by atomic mass is 10.1. The summed E-state index contributed by atoms with van der Waals surface area (Å²) < 4.78 is 16.9. The van der Waals surface area contributed by atoms with Gasteiger partial charge in [0.05, 0.1) is 0 Å². The van der Waals surface area contributed by atoms with Crippen LogP contribution >= 0.6 is 0 Å². The van der Waals surface area contributed by atoms with E-state index in [9.17, 15) is 14.4 Å². The minimum atomic E-state index is -0.780. The third-order valence-electron chi connectivity index (χ3n) is 12.8. The summed E-state index contributed by atoms with van der Waals surface area (Å²) in [6, 6.07) is 0. The Morgan fingerprint density at radius 1 is 0.299 bits per heavy atom. The number of carbonyl (C=O) groups excluding carboxylic acids is 3. The fraction of sp³-hybridized carbons (Fsp3) is 0.820. The Morgan fingerprint density at radius 2 is 0.537 bits per heavy atom. The Hall–Kier alpha value is -2.63. The van der Waals surface area contributed by atoms with Gasteiger partial charge >= 0.3 is 17.9 Å². The molecule has 1 unspecified atom stereocenters.